The van der Waals surface area contributed by atoms with Gasteiger partial charge in [-0.15, -0.1) is 0 Å². The summed E-state index contributed by atoms with van der Waals surface area (Å²) in [5, 5.41) is 8.75. The molecule has 5 nitrogen and oxygen atoms in total. The highest BCUT2D eigenvalue weighted by Gasteiger charge is 2.29. The van der Waals surface area contributed by atoms with Crippen molar-refractivity contribution in [2.24, 2.45) is 0 Å². The lowest BCUT2D eigenvalue weighted by Crippen LogP contribution is -2.20. The maximum absolute atomic E-state index is 13.7. The molecule has 1 fully saturated rings. The van der Waals surface area contributed by atoms with Gasteiger partial charge in [0.1, 0.15) is 5.56 Å². The van der Waals surface area contributed by atoms with E-state index in [4.69, 9.17) is 5.11 Å². The Morgan fingerprint density at radius 3 is 2.43 bits per heavy atom. The number of fused-ring (bicyclic) bond motifs is 1. The summed E-state index contributed by atoms with van der Waals surface area (Å²) >= 11 is 0. The predicted molar refractivity (Wildman–Crippen MR) is 80.1 cm³/mol. The van der Waals surface area contributed by atoms with Crippen molar-refractivity contribution in [3.05, 3.63) is 45.2 Å². The number of nitrogens with zero attached hydrogens (tertiary/aromatic N) is 1. The van der Waals surface area contributed by atoms with Gasteiger partial charge in [0.2, 0.25) is 5.43 Å². The summed E-state index contributed by atoms with van der Waals surface area (Å²) in [4.78, 5) is 34.3. The zero-order valence-corrected chi connectivity index (χ0v) is 12.6. The lowest BCUT2D eigenvalue weighted by atomic mass is 10.1. The molecule has 3 rings (SSSR count). The minimum Gasteiger partial charge on any atom is -0.477 e. The first-order valence-corrected chi connectivity index (χ1v) is 7.21. The van der Waals surface area contributed by atoms with E-state index >= 15 is 0 Å². The lowest BCUT2D eigenvalue weighted by Gasteiger charge is -2.13. The van der Waals surface area contributed by atoms with E-state index in [1.807, 2.05) is 13.8 Å². The third kappa shape index (κ3) is 2.74. The zero-order chi connectivity index (χ0) is 17.3. The second-order valence-corrected chi connectivity index (χ2v) is 4.92. The molecule has 0 unspecified atom stereocenters. The van der Waals surface area contributed by atoms with Crippen LogP contribution < -0.4 is 5.43 Å². The number of carboxylic acids is 1. The number of aromatic carboxylic acids is 1. The molecule has 1 aliphatic rings. The third-order valence-electron chi connectivity index (χ3n) is 3.53. The van der Waals surface area contributed by atoms with Gasteiger partial charge in [0, 0.05) is 12.2 Å². The van der Waals surface area contributed by atoms with E-state index in [9.17, 15) is 23.2 Å². The molecule has 2 aromatic rings. The minimum atomic E-state index is -1.45. The van der Waals surface area contributed by atoms with Gasteiger partial charge >= 0.3 is 5.97 Å². The monoisotopic (exact) mass is 323 g/mol. The highest BCUT2D eigenvalue weighted by molar-refractivity contribution is 5.99. The van der Waals surface area contributed by atoms with E-state index in [-0.39, 0.29) is 23.2 Å². The zero-order valence-electron chi connectivity index (χ0n) is 12.6. The maximum Gasteiger partial charge on any atom is 0.341 e. The first kappa shape index (κ1) is 16.8. The normalized spacial score (nSPS) is 13.4. The number of carboxylic acid groups (broad SMARTS) is 1. The van der Waals surface area contributed by atoms with Crippen molar-refractivity contribution in [3.8, 4) is 0 Å². The van der Waals surface area contributed by atoms with Crippen molar-refractivity contribution in [1.29, 1.82) is 0 Å². The Kier molecular flexibility index (Phi) is 4.58. The van der Waals surface area contributed by atoms with Crippen molar-refractivity contribution in [2.45, 2.75) is 32.7 Å². The van der Waals surface area contributed by atoms with Gasteiger partial charge in [0.15, 0.2) is 17.9 Å². The van der Waals surface area contributed by atoms with Crippen LogP contribution in [0.1, 0.15) is 53.4 Å². The summed E-state index contributed by atoms with van der Waals surface area (Å²) in [6.07, 6.45) is 2.66. The summed E-state index contributed by atoms with van der Waals surface area (Å²) in [7, 11) is 0. The molecule has 0 bridgehead atoms. The number of carbonyl (C=O) groups is 2. The van der Waals surface area contributed by atoms with Gasteiger partial charge in [-0.25, -0.2) is 13.6 Å². The number of carbonyl (C=O) groups excluding carboxylic acids is 1. The number of halogens is 2. The van der Waals surface area contributed by atoms with Gasteiger partial charge in [0.05, 0.1) is 16.5 Å². The van der Waals surface area contributed by atoms with Crippen LogP contribution in [0, 0.1) is 11.6 Å². The van der Waals surface area contributed by atoms with E-state index in [1.54, 1.807) is 0 Å². The molecule has 7 heteroatoms. The van der Waals surface area contributed by atoms with Gasteiger partial charge in [-0.1, -0.05) is 13.8 Å². The Labute approximate surface area is 130 Å². The average Bonchev–Trinajstić information content (AvgIpc) is 3.36. The number of rotatable bonds is 3. The minimum absolute atomic E-state index is 0.0543. The topological polar surface area (TPSA) is 76.4 Å². The Morgan fingerprint density at radius 2 is 1.96 bits per heavy atom. The second-order valence-electron chi connectivity index (χ2n) is 4.92. The molecular weight excluding hydrogens is 308 g/mol. The van der Waals surface area contributed by atoms with E-state index in [1.165, 1.54) is 4.57 Å². The smallest absolute Gasteiger partial charge is 0.341 e. The molecule has 0 saturated heterocycles. The van der Waals surface area contributed by atoms with Gasteiger partial charge in [-0.3, -0.25) is 9.59 Å². The molecule has 1 saturated carbocycles. The van der Waals surface area contributed by atoms with E-state index in [2.05, 4.69) is 0 Å². The third-order valence-corrected chi connectivity index (χ3v) is 3.53. The number of hydrogen-bond donors (Lipinski definition) is 1. The first-order chi connectivity index (χ1) is 11.0. The Hall–Kier alpha value is -2.57. The number of benzene rings is 1. The van der Waals surface area contributed by atoms with Crippen LogP contribution in [0.15, 0.2) is 17.1 Å². The number of aromatic nitrogens is 1. The van der Waals surface area contributed by atoms with Crippen LogP contribution in [-0.2, 0) is 0 Å². The van der Waals surface area contributed by atoms with Crippen LogP contribution in [0.25, 0.3) is 10.9 Å². The highest BCUT2D eigenvalue weighted by atomic mass is 19.2. The molecule has 23 heavy (non-hydrogen) atoms. The van der Waals surface area contributed by atoms with Crippen LogP contribution in [0.2, 0.25) is 0 Å². The van der Waals surface area contributed by atoms with E-state index in [0.29, 0.717) is 18.9 Å². The van der Waals surface area contributed by atoms with Crippen LogP contribution >= 0.6 is 0 Å². The molecular formula is C16H15F2NO4. The molecule has 1 heterocycles. The SMILES string of the molecule is CC.O=Cc1c(F)c(F)cc2c(=O)c(C(=O)O)cn(C3CC3)c12. The summed E-state index contributed by atoms with van der Waals surface area (Å²) in [6.45, 7) is 4.00. The Balaban J connectivity index is 0.000000924. The molecule has 0 aliphatic heterocycles. The van der Waals surface area contributed by atoms with Crippen molar-refractivity contribution in [3.63, 3.8) is 0 Å². The first-order valence-electron chi connectivity index (χ1n) is 7.21. The van der Waals surface area contributed by atoms with Gasteiger partial charge in [0.25, 0.3) is 0 Å². The molecule has 1 aromatic heterocycles. The fourth-order valence-electron chi connectivity index (χ4n) is 2.40. The Bertz CT molecular complexity index is 854. The largest absolute Gasteiger partial charge is 0.477 e. The second kappa shape index (κ2) is 6.28. The lowest BCUT2D eigenvalue weighted by molar-refractivity contribution is 0.0694. The van der Waals surface area contributed by atoms with Crippen LogP contribution in [-0.4, -0.2) is 21.9 Å². The maximum atomic E-state index is 13.7. The highest BCUT2D eigenvalue weighted by Crippen LogP contribution is 2.38. The number of hydrogen-bond acceptors (Lipinski definition) is 3. The average molecular weight is 323 g/mol. The summed E-state index contributed by atoms with van der Waals surface area (Å²) < 4.78 is 28.7. The van der Waals surface area contributed by atoms with E-state index in [0.717, 1.165) is 6.20 Å². The fraction of sp³-hybridized carbons (Fsp3) is 0.312. The predicted octanol–water partition coefficient (Wildman–Crippen LogP) is 3.15. The van der Waals surface area contributed by atoms with Crippen molar-refractivity contribution in [2.75, 3.05) is 0 Å². The standard InChI is InChI=1S/C14H9F2NO4.C2H6/c15-10-3-7-12(9(5-18)11(10)16)17(6-1-2-6)4-8(13(7)19)14(20)21;1-2/h3-6H,1-2H2,(H,20,21);1-2H3. The fourth-order valence-corrected chi connectivity index (χ4v) is 2.40. The summed E-state index contributed by atoms with van der Waals surface area (Å²) in [5.74, 6) is -4.14. The number of pyridine rings is 1. The Morgan fingerprint density at radius 1 is 1.35 bits per heavy atom. The molecule has 0 atom stereocenters. The quantitative estimate of drug-likeness (QED) is 0.880. The van der Waals surface area contributed by atoms with Crippen LogP contribution in [0.4, 0.5) is 8.78 Å². The van der Waals surface area contributed by atoms with Gasteiger partial charge in [-0.2, -0.15) is 0 Å². The number of aldehydes is 1. The van der Waals surface area contributed by atoms with Crippen molar-refractivity contribution in [1.82, 2.24) is 4.57 Å². The van der Waals surface area contributed by atoms with Gasteiger partial charge < -0.3 is 9.67 Å². The van der Waals surface area contributed by atoms with Crippen molar-refractivity contribution < 1.29 is 23.5 Å². The molecule has 122 valence electrons. The molecule has 1 aromatic carbocycles. The summed E-state index contributed by atoms with van der Waals surface area (Å²) in [5.41, 5.74) is -2.08. The van der Waals surface area contributed by atoms with E-state index < -0.39 is 34.2 Å². The molecule has 0 radical (unpaired) electrons. The molecule has 0 amide bonds. The molecule has 0 spiro atoms. The van der Waals surface area contributed by atoms with Crippen LogP contribution in [0.5, 0.6) is 0 Å². The van der Waals surface area contributed by atoms with Gasteiger partial charge in [-0.05, 0) is 18.9 Å². The molecule has 1 aliphatic carbocycles. The van der Waals surface area contributed by atoms with Crippen LogP contribution in [0.3, 0.4) is 0 Å². The molecule has 1 N–H and O–H groups in total. The summed E-state index contributed by atoms with van der Waals surface area (Å²) in [6, 6.07) is 0.528. The van der Waals surface area contributed by atoms with Crippen molar-refractivity contribution >= 4 is 23.2 Å².